The molecule has 4 heterocycles. The number of aromatic nitrogens is 4. The van der Waals surface area contributed by atoms with Crippen LogP contribution in [-0.4, -0.2) is 43.8 Å². The number of hydrogen-bond donors (Lipinski definition) is 0. The number of rotatable bonds is 4. The lowest BCUT2D eigenvalue weighted by Crippen LogP contribution is -2.37. The number of likely N-dealkylation sites (tertiary alicyclic amines) is 1. The average Bonchev–Trinajstić information content (AvgIpc) is 3.28. The van der Waals surface area contributed by atoms with Gasteiger partial charge in [0.25, 0.3) is 5.89 Å². The zero-order chi connectivity index (χ0) is 18.3. The zero-order valence-corrected chi connectivity index (χ0v) is 16.0. The van der Waals surface area contributed by atoms with Crippen LogP contribution < -0.4 is 0 Å². The summed E-state index contributed by atoms with van der Waals surface area (Å²) in [6.07, 6.45) is 2.15. The number of hydrogen-bond acceptors (Lipinski definition) is 5. The van der Waals surface area contributed by atoms with Gasteiger partial charge in [0, 0.05) is 12.0 Å². The number of pyridine rings is 1. The Labute approximate surface area is 154 Å². The van der Waals surface area contributed by atoms with Crippen molar-refractivity contribution in [2.45, 2.75) is 58.4 Å². The second kappa shape index (κ2) is 6.83. The summed E-state index contributed by atoms with van der Waals surface area (Å²) in [5.74, 6) is 2.05. The van der Waals surface area contributed by atoms with Crippen molar-refractivity contribution in [2.75, 3.05) is 13.1 Å². The molecular formula is C20H27N5O. The van der Waals surface area contributed by atoms with E-state index in [4.69, 9.17) is 9.52 Å². The van der Waals surface area contributed by atoms with Gasteiger partial charge in [0.05, 0.1) is 11.2 Å². The first-order chi connectivity index (χ1) is 12.5. The third kappa shape index (κ3) is 3.14. The van der Waals surface area contributed by atoms with Crippen LogP contribution in [0.2, 0.25) is 0 Å². The Morgan fingerprint density at radius 3 is 2.54 bits per heavy atom. The maximum atomic E-state index is 6.08. The fourth-order valence-corrected chi connectivity index (χ4v) is 3.64. The van der Waals surface area contributed by atoms with Crippen LogP contribution in [0.1, 0.15) is 64.0 Å². The highest BCUT2D eigenvalue weighted by atomic mass is 16.4. The van der Waals surface area contributed by atoms with Gasteiger partial charge in [-0.2, -0.15) is 5.10 Å². The number of fused-ring (bicyclic) bond motifs is 1. The van der Waals surface area contributed by atoms with Gasteiger partial charge < -0.3 is 9.32 Å². The molecule has 1 aliphatic heterocycles. The molecule has 138 valence electrons. The maximum absolute atomic E-state index is 6.08. The van der Waals surface area contributed by atoms with Crippen molar-refractivity contribution < 1.29 is 4.42 Å². The summed E-state index contributed by atoms with van der Waals surface area (Å²) in [5.41, 5.74) is 2.97. The minimum Gasteiger partial charge on any atom is -0.419 e. The van der Waals surface area contributed by atoms with Crippen molar-refractivity contribution in [2.24, 2.45) is 0 Å². The monoisotopic (exact) mass is 353 g/mol. The summed E-state index contributed by atoms with van der Waals surface area (Å²) in [6, 6.07) is 8.78. The van der Waals surface area contributed by atoms with Crippen molar-refractivity contribution in [1.29, 1.82) is 0 Å². The van der Waals surface area contributed by atoms with Gasteiger partial charge in [0.1, 0.15) is 5.69 Å². The molecule has 0 aromatic carbocycles. The molecule has 6 heteroatoms. The van der Waals surface area contributed by atoms with E-state index < -0.39 is 0 Å². The molecule has 1 fully saturated rings. The second-order valence-electron chi connectivity index (χ2n) is 7.82. The van der Waals surface area contributed by atoms with Gasteiger partial charge in [-0.25, -0.2) is 4.52 Å². The Balaban J connectivity index is 1.60. The molecule has 0 unspecified atom stereocenters. The second-order valence-corrected chi connectivity index (χ2v) is 7.82. The first-order valence-electron chi connectivity index (χ1n) is 9.59. The molecule has 4 rings (SSSR count). The lowest BCUT2D eigenvalue weighted by molar-refractivity contribution is 0.163. The Hall–Kier alpha value is -2.21. The SMILES string of the molecule is CC(C)c1cc2cccc(-c3nnc(C4CCN(C(C)C)CC4)o3)n2n1. The summed E-state index contributed by atoms with van der Waals surface area (Å²) in [7, 11) is 0. The molecule has 0 aliphatic carbocycles. The molecule has 0 spiro atoms. The van der Waals surface area contributed by atoms with Crippen LogP contribution in [0.4, 0.5) is 0 Å². The predicted octanol–water partition coefficient (Wildman–Crippen LogP) is 4.10. The smallest absolute Gasteiger partial charge is 0.266 e. The highest BCUT2D eigenvalue weighted by Gasteiger charge is 2.26. The Bertz CT molecular complexity index is 887. The summed E-state index contributed by atoms with van der Waals surface area (Å²) in [5, 5.41) is 13.4. The zero-order valence-electron chi connectivity index (χ0n) is 16.0. The molecular weight excluding hydrogens is 326 g/mol. The molecule has 6 nitrogen and oxygen atoms in total. The first-order valence-corrected chi connectivity index (χ1v) is 9.59. The van der Waals surface area contributed by atoms with E-state index in [1.807, 2.05) is 16.6 Å². The molecule has 0 saturated carbocycles. The lowest BCUT2D eigenvalue weighted by Gasteiger charge is -2.33. The molecule has 3 aromatic heterocycles. The maximum Gasteiger partial charge on any atom is 0.266 e. The van der Waals surface area contributed by atoms with Crippen molar-refractivity contribution in [3.63, 3.8) is 0 Å². The summed E-state index contributed by atoms with van der Waals surface area (Å²) >= 11 is 0. The standard InChI is InChI=1S/C20H27N5O/c1-13(2)17-12-16-6-5-7-18(25(16)23-17)20-22-21-19(26-20)15-8-10-24(11-9-15)14(3)4/h5-7,12-15H,8-11H2,1-4H3. The minimum absolute atomic E-state index is 0.356. The minimum atomic E-state index is 0.356. The molecule has 1 aliphatic rings. The van der Waals surface area contributed by atoms with Gasteiger partial charge in [0.2, 0.25) is 5.89 Å². The van der Waals surface area contributed by atoms with E-state index in [0.29, 0.717) is 23.8 Å². The van der Waals surface area contributed by atoms with E-state index in [1.165, 1.54) is 0 Å². The van der Waals surface area contributed by atoms with E-state index in [0.717, 1.165) is 48.7 Å². The molecule has 0 atom stereocenters. The Morgan fingerprint density at radius 2 is 1.85 bits per heavy atom. The molecule has 26 heavy (non-hydrogen) atoms. The van der Waals surface area contributed by atoms with Gasteiger partial charge in [-0.15, -0.1) is 10.2 Å². The van der Waals surface area contributed by atoms with Crippen LogP contribution in [0, 0.1) is 0 Å². The first kappa shape index (κ1) is 17.2. The fraction of sp³-hybridized carbons (Fsp3) is 0.550. The Kier molecular flexibility index (Phi) is 4.53. The predicted molar refractivity (Wildman–Crippen MR) is 101 cm³/mol. The van der Waals surface area contributed by atoms with Gasteiger partial charge in [-0.05, 0) is 63.9 Å². The van der Waals surface area contributed by atoms with Gasteiger partial charge in [-0.1, -0.05) is 19.9 Å². The highest BCUT2D eigenvalue weighted by Crippen LogP contribution is 2.30. The van der Waals surface area contributed by atoms with Crippen LogP contribution in [0.15, 0.2) is 28.7 Å². The molecule has 0 N–H and O–H groups in total. The van der Waals surface area contributed by atoms with Crippen LogP contribution in [0.5, 0.6) is 0 Å². The molecule has 0 bridgehead atoms. The fourth-order valence-electron chi connectivity index (χ4n) is 3.64. The van der Waals surface area contributed by atoms with E-state index >= 15 is 0 Å². The van der Waals surface area contributed by atoms with Crippen molar-refractivity contribution in [3.05, 3.63) is 35.9 Å². The summed E-state index contributed by atoms with van der Waals surface area (Å²) < 4.78 is 7.99. The van der Waals surface area contributed by atoms with Crippen molar-refractivity contribution in [1.82, 2.24) is 24.7 Å². The van der Waals surface area contributed by atoms with Gasteiger partial charge in [-0.3, -0.25) is 0 Å². The molecule has 1 saturated heterocycles. The van der Waals surface area contributed by atoms with E-state index in [1.54, 1.807) is 0 Å². The van der Waals surface area contributed by atoms with Gasteiger partial charge in [0.15, 0.2) is 0 Å². The molecule has 0 amide bonds. The quantitative estimate of drug-likeness (QED) is 0.707. The largest absolute Gasteiger partial charge is 0.419 e. The van der Waals surface area contributed by atoms with E-state index in [-0.39, 0.29) is 0 Å². The van der Waals surface area contributed by atoms with E-state index in [9.17, 15) is 0 Å². The summed E-state index contributed by atoms with van der Waals surface area (Å²) in [6.45, 7) is 11.0. The molecule has 0 radical (unpaired) electrons. The number of nitrogens with zero attached hydrogens (tertiary/aromatic N) is 5. The lowest BCUT2D eigenvalue weighted by atomic mass is 9.96. The van der Waals surface area contributed by atoms with Crippen molar-refractivity contribution >= 4 is 5.52 Å². The van der Waals surface area contributed by atoms with Crippen LogP contribution in [-0.2, 0) is 0 Å². The average molecular weight is 353 g/mol. The molecule has 3 aromatic rings. The van der Waals surface area contributed by atoms with Crippen LogP contribution >= 0.6 is 0 Å². The third-order valence-electron chi connectivity index (χ3n) is 5.37. The number of piperidine rings is 1. The van der Waals surface area contributed by atoms with Gasteiger partial charge >= 0.3 is 0 Å². The van der Waals surface area contributed by atoms with Crippen molar-refractivity contribution in [3.8, 4) is 11.6 Å². The third-order valence-corrected chi connectivity index (χ3v) is 5.37. The van der Waals surface area contributed by atoms with E-state index in [2.05, 4.69) is 54.9 Å². The normalized spacial score (nSPS) is 17.0. The topological polar surface area (TPSA) is 59.5 Å². The Morgan fingerprint density at radius 1 is 1.08 bits per heavy atom. The summed E-state index contributed by atoms with van der Waals surface area (Å²) in [4.78, 5) is 2.51. The van der Waals surface area contributed by atoms with Crippen LogP contribution in [0.3, 0.4) is 0 Å². The van der Waals surface area contributed by atoms with Crippen LogP contribution in [0.25, 0.3) is 17.1 Å². The highest BCUT2D eigenvalue weighted by molar-refractivity contribution is 5.58.